The molecule has 0 aliphatic carbocycles. The number of carbonyl (C=O) groups is 1. The third-order valence-corrected chi connectivity index (χ3v) is 3.79. The topological polar surface area (TPSA) is 84.9 Å². The van der Waals surface area contributed by atoms with Crippen molar-refractivity contribution in [1.82, 2.24) is 0 Å². The number of sulfonamides is 1. The van der Waals surface area contributed by atoms with Gasteiger partial charge in [-0.1, -0.05) is 0 Å². The molecule has 7 nitrogen and oxygen atoms in total. The van der Waals surface area contributed by atoms with Gasteiger partial charge >= 0.3 is 6.09 Å². The molecule has 1 aromatic rings. The first-order chi connectivity index (χ1) is 8.91. The summed E-state index contributed by atoms with van der Waals surface area (Å²) in [6.45, 7) is 0.539. The highest BCUT2D eigenvalue weighted by Crippen LogP contribution is 2.35. The summed E-state index contributed by atoms with van der Waals surface area (Å²) in [4.78, 5) is 11.1. The Morgan fingerprint density at radius 3 is 2.84 bits per heavy atom. The van der Waals surface area contributed by atoms with Gasteiger partial charge in [-0.2, -0.15) is 0 Å². The average Bonchev–Trinajstić information content (AvgIpc) is 2.36. The molecule has 0 aromatic heterocycles. The molecule has 0 atom stereocenters. The van der Waals surface area contributed by atoms with E-state index < -0.39 is 16.1 Å². The van der Waals surface area contributed by atoms with E-state index in [0.717, 1.165) is 6.26 Å². The lowest BCUT2D eigenvalue weighted by atomic mass is 10.2. The Hall–Kier alpha value is -1.96. The van der Waals surface area contributed by atoms with Gasteiger partial charge in [-0.3, -0.25) is 9.62 Å². The number of hydrogen-bond donors (Lipinski definition) is 1. The number of methoxy groups -OCH3 is 1. The maximum Gasteiger partial charge on any atom is 0.411 e. The molecule has 1 amide bonds. The summed E-state index contributed by atoms with van der Waals surface area (Å²) in [5.74, 6) is 0.408. The molecule has 0 spiro atoms. The highest BCUT2D eigenvalue weighted by Gasteiger charge is 2.25. The Morgan fingerprint density at radius 1 is 1.47 bits per heavy atom. The minimum absolute atomic E-state index is 0.266. The lowest BCUT2D eigenvalue weighted by Gasteiger charge is -2.29. The number of carbonyl (C=O) groups excluding carboxylic acids is 1. The first-order valence-corrected chi connectivity index (χ1v) is 7.36. The van der Waals surface area contributed by atoms with Crippen molar-refractivity contribution >= 4 is 27.5 Å². The number of anilines is 2. The molecule has 1 N–H and O–H groups in total. The fourth-order valence-electron chi connectivity index (χ4n) is 1.79. The maximum absolute atomic E-state index is 11.6. The zero-order valence-corrected chi connectivity index (χ0v) is 11.4. The smallest absolute Gasteiger partial charge is 0.411 e. The van der Waals surface area contributed by atoms with Crippen LogP contribution in [-0.2, 0) is 14.8 Å². The van der Waals surface area contributed by atoms with E-state index >= 15 is 0 Å². The molecule has 0 radical (unpaired) electrons. The van der Waals surface area contributed by atoms with Gasteiger partial charge in [-0.25, -0.2) is 13.2 Å². The second-order valence-electron chi connectivity index (χ2n) is 3.98. The van der Waals surface area contributed by atoms with Crippen LogP contribution in [0.1, 0.15) is 0 Å². The summed E-state index contributed by atoms with van der Waals surface area (Å²) in [5, 5.41) is 2.49. The highest BCUT2D eigenvalue weighted by molar-refractivity contribution is 7.92. The fraction of sp³-hybridized carbons (Fsp3) is 0.364. The lowest BCUT2D eigenvalue weighted by molar-refractivity contribution is 0.187. The Labute approximate surface area is 111 Å². The summed E-state index contributed by atoms with van der Waals surface area (Å²) in [5.41, 5.74) is 0.935. The number of nitrogens with zero attached hydrogens (tertiary/aromatic N) is 1. The number of ether oxygens (including phenoxy) is 2. The Kier molecular flexibility index (Phi) is 3.52. The van der Waals surface area contributed by atoms with E-state index in [2.05, 4.69) is 10.1 Å². The predicted octanol–water partition coefficient (Wildman–Crippen LogP) is 1.02. The molecular weight excluding hydrogens is 272 g/mol. The van der Waals surface area contributed by atoms with Gasteiger partial charge in [0.2, 0.25) is 10.0 Å². The van der Waals surface area contributed by atoms with Gasteiger partial charge in [-0.15, -0.1) is 0 Å². The molecule has 0 unspecified atom stereocenters. The predicted molar refractivity (Wildman–Crippen MR) is 70.2 cm³/mol. The summed E-state index contributed by atoms with van der Waals surface area (Å²) in [6, 6.07) is 4.73. The van der Waals surface area contributed by atoms with Crippen molar-refractivity contribution in [2.75, 3.05) is 36.1 Å². The van der Waals surface area contributed by atoms with Crippen molar-refractivity contribution in [2.24, 2.45) is 0 Å². The quantitative estimate of drug-likeness (QED) is 0.877. The molecule has 0 fully saturated rings. The van der Waals surface area contributed by atoms with Crippen molar-refractivity contribution < 1.29 is 22.7 Å². The van der Waals surface area contributed by atoms with Crippen LogP contribution in [0.3, 0.4) is 0 Å². The van der Waals surface area contributed by atoms with E-state index in [1.54, 1.807) is 18.2 Å². The van der Waals surface area contributed by atoms with E-state index in [1.165, 1.54) is 11.4 Å². The van der Waals surface area contributed by atoms with Crippen molar-refractivity contribution in [2.45, 2.75) is 0 Å². The molecule has 0 bridgehead atoms. The van der Waals surface area contributed by atoms with Crippen LogP contribution < -0.4 is 14.4 Å². The van der Waals surface area contributed by atoms with Crippen LogP contribution in [0.2, 0.25) is 0 Å². The number of nitrogens with one attached hydrogen (secondary N) is 1. The van der Waals surface area contributed by atoms with Crippen molar-refractivity contribution in [3.63, 3.8) is 0 Å². The van der Waals surface area contributed by atoms with E-state index in [4.69, 9.17) is 4.74 Å². The molecule has 8 heteroatoms. The molecule has 19 heavy (non-hydrogen) atoms. The zero-order valence-electron chi connectivity index (χ0n) is 10.5. The van der Waals surface area contributed by atoms with E-state index in [-0.39, 0.29) is 13.2 Å². The van der Waals surface area contributed by atoms with Crippen LogP contribution in [0, 0.1) is 0 Å². The summed E-state index contributed by atoms with van der Waals surface area (Å²) in [6.07, 6.45) is 0.540. The Balaban J connectivity index is 2.33. The van der Waals surface area contributed by atoms with Crippen LogP contribution in [0.5, 0.6) is 5.75 Å². The molecule has 1 aliphatic heterocycles. The van der Waals surface area contributed by atoms with Crippen molar-refractivity contribution in [3.8, 4) is 5.75 Å². The number of rotatable bonds is 2. The molecule has 0 saturated heterocycles. The third-order valence-electron chi connectivity index (χ3n) is 2.61. The molecule has 0 saturated carbocycles. The standard InChI is InChI=1S/C11H14N2O5S/c1-17-11(14)12-8-3-4-9-10(7-8)18-6-5-13(9)19(2,15)16/h3-4,7H,5-6H2,1-2H3,(H,12,14). The number of fused-ring (bicyclic) bond motifs is 1. The number of amides is 1. The van der Waals surface area contributed by atoms with Gasteiger partial charge in [0.15, 0.2) is 0 Å². The normalized spacial score (nSPS) is 14.3. The number of benzene rings is 1. The van der Waals surface area contributed by atoms with Gasteiger partial charge in [0, 0.05) is 11.8 Å². The van der Waals surface area contributed by atoms with Crippen LogP contribution in [0.15, 0.2) is 18.2 Å². The van der Waals surface area contributed by atoms with Gasteiger partial charge in [0.25, 0.3) is 0 Å². The Bertz CT molecular complexity index is 599. The molecular formula is C11H14N2O5S. The number of hydrogen-bond acceptors (Lipinski definition) is 5. The van der Waals surface area contributed by atoms with Gasteiger partial charge < -0.3 is 9.47 Å². The van der Waals surface area contributed by atoms with Crippen LogP contribution in [0.4, 0.5) is 16.2 Å². The summed E-state index contributed by atoms with van der Waals surface area (Å²) < 4.78 is 34.4. The molecule has 1 heterocycles. The van der Waals surface area contributed by atoms with Crippen molar-refractivity contribution in [3.05, 3.63) is 18.2 Å². The van der Waals surface area contributed by atoms with Crippen LogP contribution >= 0.6 is 0 Å². The van der Waals surface area contributed by atoms with Gasteiger partial charge in [0.1, 0.15) is 12.4 Å². The van der Waals surface area contributed by atoms with Gasteiger partial charge in [0.05, 0.1) is 25.6 Å². The summed E-state index contributed by atoms with van der Waals surface area (Å²) >= 11 is 0. The summed E-state index contributed by atoms with van der Waals surface area (Å²) in [7, 11) is -2.08. The molecule has 1 aromatic carbocycles. The second-order valence-corrected chi connectivity index (χ2v) is 5.89. The Morgan fingerprint density at radius 2 is 2.21 bits per heavy atom. The second kappa shape index (κ2) is 4.96. The first kappa shape index (κ1) is 13.5. The van der Waals surface area contributed by atoms with Gasteiger partial charge in [-0.05, 0) is 12.1 Å². The van der Waals surface area contributed by atoms with Crippen molar-refractivity contribution in [1.29, 1.82) is 0 Å². The highest BCUT2D eigenvalue weighted by atomic mass is 32.2. The van der Waals surface area contributed by atoms with E-state index in [0.29, 0.717) is 17.1 Å². The molecule has 1 aliphatic rings. The fourth-order valence-corrected chi connectivity index (χ4v) is 2.70. The monoisotopic (exact) mass is 286 g/mol. The average molecular weight is 286 g/mol. The maximum atomic E-state index is 11.6. The van der Waals surface area contributed by atoms with E-state index in [9.17, 15) is 13.2 Å². The van der Waals surface area contributed by atoms with Crippen LogP contribution in [0.25, 0.3) is 0 Å². The lowest BCUT2D eigenvalue weighted by Crippen LogP contribution is -2.37. The zero-order chi connectivity index (χ0) is 14.0. The van der Waals surface area contributed by atoms with Crippen LogP contribution in [-0.4, -0.2) is 41.0 Å². The first-order valence-electron chi connectivity index (χ1n) is 5.51. The minimum atomic E-state index is -3.34. The molecule has 2 rings (SSSR count). The molecule has 104 valence electrons. The minimum Gasteiger partial charge on any atom is -0.489 e. The SMILES string of the molecule is COC(=O)Nc1ccc2c(c1)OCCN2S(C)(=O)=O. The van der Waals surface area contributed by atoms with E-state index in [1.807, 2.05) is 0 Å². The largest absolute Gasteiger partial charge is 0.489 e. The third kappa shape index (κ3) is 2.90.